The molecule has 2 aliphatic heterocycles. The normalized spacial score (nSPS) is 21.1. The molecule has 0 spiro atoms. The summed E-state index contributed by atoms with van der Waals surface area (Å²) in [7, 11) is 0. The topological polar surface area (TPSA) is 41.1 Å². The van der Waals surface area contributed by atoms with E-state index in [4.69, 9.17) is 16.6 Å². The fourth-order valence-electron chi connectivity index (χ4n) is 2.84. The zero-order chi connectivity index (χ0) is 13.2. The first-order chi connectivity index (χ1) is 9.24. The molecule has 104 valence electrons. The maximum atomic E-state index is 6.36. The lowest BCUT2D eigenvalue weighted by Crippen LogP contribution is -2.34. The number of anilines is 1. The highest BCUT2D eigenvalue weighted by atomic mass is 35.5. The first-order valence-electron chi connectivity index (χ1n) is 7.25. The maximum absolute atomic E-state index is 6.36. The molecule has 0 radical (unpaired) electrons. The molecule has 0 bridgehead atoms. The Morgan fingerprint density at radius 1 is 1.16 bits per heavy atom. The van der Waals surface area contributed by atoms with E-state index in [1.807, 2.05) is 0 Å². The van der Waals surface area contributed by atoms with Crippen LogP contribution in [-0.2, 0) is 12.8 Å². The maximum Gasteiger partial charge on any atom is 0.227 e. The molecule has 1 fully saturated rings. The van der Waals surface area contributed by atoms with Crippen LogP contribution in [0.3, 0.4) is 0 Å². The summed E-state index contributed by atoms with van der Waals surface area (Å²) in [5, 5.41) is 4.04. The summed E-state index contributed by atoms with van der Waals surface area (Å²) in [6.45, 7) is 6.37. The van der Waals surface area contributed by atoms with Crippen molar-refractivity contribution in [2.75, 3.05) is 31.1 Å². The van der Waals surface area contributed by atoms with Crippen molar-refractivity contribution in [3.8, 4) is 0 Å². The zero-order valence-corrected chi connectivity index (χ0v) is 12.2. The van der Waals surface area contributed by atoms with Crippen LogP contribution in [0.2, 0.25) is 5.15 Å². The van der Waals surface area contributed by atoms with E-state index in [9.17, 15) is 0 Å². The van der Waals surface area contributed by atoms with Crippen LogP contribution in [-0.4, -0.2) is 36.1 Å². The van der Waals surface area contributed by atoms with Crippen LogP contribution in [0.1, 0.15) is 31.0 Å². The summed E-state index contributed by atoms with van der Waals surface area (Å²) in [4.78, 5) is 11.6. The molecule has 5 heteroatoms. The van der Waals surface area contributed by atoms with Crippen LogP contribution in [0.5, 0.6) is 0 Å². The number of hydrogen-bond donors (Lipinski definition) is 1. The van der Waals surface area contributed by atoms with Gasteiger partial charge in [-0.2, -0.15) is 0 Å². The van der Waals surface area contributed by atoms with Gasteiger partial charge in [0.25, 0.3) is 0 Å². The Morgan fingerprint density at radius 3 is 2.68 bits per heavy atom. The highest BCUT2D eigenvalue weighted by Crippen LogP contribution is 2.25. The number of aromatic nitrogens is 2. The number of halogens is 1. The Balaban J connectivity index is 1.86. The molecule has 2 aliphatic rings. The zero-order valence-electron chi connectivity index (χ0n) is 11.5. The third-order valence-electron chi connectivity index (χ3n) is 4.19. The first-order valence-corrected chi connectivity index (χ1v) is 7.63. The second-order valence-electron chi connectivity index (χ2n) is 5.66. The number of hydrogen-bond acceptors (Lipinski definition) is 4. The quantitative estimate of drug-likeness (QED) is 0.800. The van der Waals surface area contributed by atoms with Crippen LogP contribution in [0.4, 0.5) is 5.95 Å². The number of fused-ring (bicyclic) bond motifs is 1. The lowest BCUT2D eigenvalue weighted by molar-refractivity contribution is 0.434. The fourth-order valence-corrected chi connectivity index (χ4v) is 3.12. The molecule has 0 unspecified atom stereocenters. The summed E-state index contributed by atoms with van der Waals surface area (Å²) in [6.07, 6.45) is 4.33. The molecule has 3 rings (SSSR count). The molecule has 3 heterocycles. The fraction of sp³-hybridized carbons (Fsp3) is 0.714. The minimum absolute atomic E-state index is 0.655. The predicted octanol–water partition coefficient (Wildman–Crippen LogP) is 2.05. The van der Waals surface area contributed by atoms with Gasteiger partial charge in [0.1, 0.15) is 5.15 Å². The van der Waals surface area contributed by atoms with Gasteiger partial charge in [-0.3, -0.25) is 0 Å². The van der Waals surface area contributed by atoms with Crippen LogP contribution in [0, 0.1) is 5.92 Å². The van der Waals surface area contributed by atoms with Gasteiger partial charge in [-0.25, -0.2) is 9.97 Å². The lowest BCUT2D eigenvalue weighted by atomic mass is 10.00. The highest BCUT2D eigenvalue weighted by Gasteiger charge is 2.21. The number of rotatable bonds is 1. The van der Waals surface area contributed by atoms with Gasteiger partial charge in [0, 0.05) is 31.6 Å². The Morgan fingerprint density at radius 2 is 1.89 bits per heavy atom. The van der Waals surface area contributed by atoms with E-state index in [0.29, 0.717) is 5.15 Å². The summed E-state index contributed by atoms with van der Waals surface area (Å²) < 4.78 is 0. The van der Waals surface area contributed by atoms with Gasteiger partial charge in [-0.1, -0.05) is 18.5 Å². The monoisotopic (exact) mass is 280 g/mol. The molecule has 1 N–H and O–H groups in total. The third kappa shape index (κ3) is 2.84. The van der Waals surface area contributed by atoms with Crippen LogP contribution < -0.4 is 10.2 Å². The summed E-state index contributed by atoms with van der Waals surface area (Å²) in [5.74, 6) is 1.65. The molecule has 1 aromatic heterocycles. The second-order valence-corrected chi connectivity index (χ2v) is 6.02. The SMILES string of the molecule is CC1CCN(c2nc(Cl)c3c(n2)CCNCC3)CC1. The van der Waals surface area contributed by atoms with Gasteiger partial charge in [-0.05, 0) is 31.7 Å². The number of nitrogens with zero attached hydrogens (tertiary/aromatic N) is 3. The Hall–Kier alpha value is -0.870. The smallest absolute Gasteiger partial charge is 0.227 e. The van der Waals surface area contributed by atoms with E-state index in [1.165, 1.54) is 12.8 Å². The van der Waals surface area contributed by atoms with Crippen molar-refractivity contribution in [3.63, 3.8) is 0 Å². The van der Waals surface area contributed by atoms with Crippen molar-refractivity contribution >= 4 is 17.5 Å². The Bertz CT molecular complexity index is 455. The summed E-state index contributed by atoms with van der Waals surface area (Å²) in [6, 6.07) is 0. The molecule has 0 aromatic carbocycles. The lowest BCUT2D eigenvalue weighted by Gasteiger charge is -2.30. The molecular weight excluding hydrogens is 260 g/mol. The van der Waals surface area contributed by atoms with Gasteiger partial charge in [0.15, 0.2) is 0 Å². The van der Waals surface area contributed by atoms with Gasteiger partial charge in [0.05, 0.1) is 5.69 Å². The summed E-state index contributed by atoms with van der Waals surface area (Å²) >= 11 is 6.36. The molecule has 0 saturated carbocycles. The molecule has 1 saturated heterocycles. The predicted molar refractivity (Wildman–Crippen MR) is 77.9 cm³/mol. The molecule has 0 atom stereocenters. The molecule has 1 aromatic rings. The van der Waals surface area contributed by atoms with Crippen LogP contribution >= 0.6 is 11.6 Å². The number of piperidine rings is 1. The Labute approximate surface area is 119 Å². The average molecular weight is 281 g/mol. The van der Waals surface area contributed by atoms with Crippen molar-refractivity contribution in [1.82, 2.24) is 15.3 Å². The van der Waals surface area contributed by atoms with Crippen LogP contribution in [0.25, 0.3) is 0 Å². The average Bonchev–Trinajstić information content (AvgIpc) is 2.65. The molecular formula is C14H21ClN4. The van der Waals surface area contributed by atoms with E-state index in [2.05, 4.69) is 22.1 Å². The highest BCUT2D eigenvalue weighted by molar-refractivity contribution is 6.30. The molecule has 4 nitrogen and oxygen atoms in total. The third-order valence-corrected chi connectivity index (χ3v) is 4.50. The van der Waals surface area contributed by atoms with Crippen molar-refractivity contribution in [2.24, 2.45) is 5.92 Å². The molecule has 19 heavy (non-hydrogen) atoms. The van der Waals surface area contributed by atoms with Crippen LogP contribution in [0.15, 0.2) is 0 Å². The van der Waals surface area contributed by atoms with Crippen molar-refractivity contribution in [1.29, 1.82) is 0 Å². The second kappa shape index (κ2) is 5.63. The van der Waals surface area contributed by atoms with Gasteiger partial charge < -0.3 is 10.2 Å². The van der Waals surface area contributed by atoms with E-state index in [-0.39, 0.29) is 0 Å². The minimum Gasteiger partial charge on any atom is -0.341 e. The van der Waals surface area contributed by atoms with E-state index in [1.54, 1.807) is 0 Å². The van der Waals surface area contributed by atoms with Gasteiger partial charge in [-0.15, -0.1) is 0 Å². The minimum atomic E-state index is 0.655. The first kappa shape index (κ1) is 13.1. The van der Waals surface area contributed by atoms with E-state index < -0.39 is 0 Å². The summed E-state index contributed by atoms with van der Waals surface area (Å²) in [5.41, 5.74) is 2.28. The largest absolute Gasteiger partial charge is 0.341 e. The number of nitrogens with one attached hydrogen (secondary N) is 1. The van der Waals surface area contributed by atoms with Gasteiger partial charge in [0.2, 0.25) is 5.95 Å². The van der Waals surface area contributed by atoms with Crippen molar-refractivity contribution < 1.29 is 0 Å². The molecule has 0 amide bonds. The van der Waals surface area contributed by atoms with Gasteiger partial charge >= 0.3 is 0 Å². The van der Waals surface area contributed by atoms with E-state index in [0.717, 1.165) is 62.1 Å². The van der Waals surface area contributed by atoms with E-state index >= 15 is 0 Å². The standard InChI is InChI=1S/C14H21ClN4/c1-10-4-8-19(9-5-10)14-17-12-3-7-16-6-2-11(12)13(15)18-14/h10,16H,2-9H2,1H3. The van der Waals surface area contributed by atoms with Crippen molar-refractivity contribution in [2.45, 2.75) is 32.6 Å². The Kier molecular flexibility index (Phi) is 3.89. The van der Waals surface area contributed by atoms with Crippen molar-refractivity contribution in [3.05, 3.63) is 16.4 Å². The molecule has 0 aliphatic carbocycles.